The molecule has 0 aliphatic rings. The zero-order chi connectivity index (χ0) is 17.6. The van der Waals surface area contributed by atoms with E-state index in [2.05, 4.69) is 11.4 Å². The van der Waals surface area contributed by atoms with Crippen LogP contribution in [0.3, 0.4) is 0 Å². The summed E-state index contributed by atoms with van der Waals surface area (Å²) in [6.07, 6.45) is 1.91. The summed E-state index contributed by atoms with van der Waals surface area (Å²) >= 11 is 0. The monoisotopic (exact) mass is 336 g/mol. The molecule has 6 heteroatoms. The molecule has 0 spiro atoms. The van der Waals surface area contributed by atoms with Crippen LogP contribution in [0.15, 0.2) is 60.7 Å². The second-order valence-electron chi connectivity index (χ2n) is 5.78. The predicted molar refractivity (Wildman–Crippen MR) is 97.9 cm³/mol. The number of hydrogen-bond acceptors (Lipinski definition) is 4. The third-order valence-electron chi connectivity index (χ3n) is 4.02. The molecule has 1 aromatic heterocycles. The van der Waals surface area contributed by atoms with Crippen LogP contribution in [0.2, 0.25) is 0 Å². The Morgan fingerprint density at radius 1 is 1.12 bits per heavy atom. The number of nitro groups is 1. The molecule has 0 bridgehead atoms. The fourth-order valence-corrected chi connectivity index (χ4v) is 2.73. The van der Waals surface area contributed by atoms with Crippen molar-refractivity contribution in [2.45, 2.75) is 12.8 Å². The van der Waals surface area contributed by atoms with E-state index in [4.69, 9.17) is 5.10 Å². The molecule has 0 saturated carbocycles. The average Bonchev–Trinajstić information content (AvgIpc) is 3.07. The summed E-state index contributed by atoms with van der Waals surface area (Å²) in [4.78, 5) is 10.4. The highest BCUT2D eigenvalue weighted by Crippen LogP contribution is 2.24. The van der Waals surface area contributed by atoms with E-state index in [0.29, 0.717) is 0 Å². The molecule has 1 heterocycles. The highest BCUT2D eigenvalue weighted by molar-refractivity contribution is 5.62. The second kappa shape index (κ2) is 7.72. The highest BCUT2D eigenvalue weighted by Gasteiger charge is 2.12. The van der Waals surface area contributed by atoms with Gasteiger partial charge in [-0.2, -0.15) is 5.10 Å². The van der Waals surface area contributed by atoms with Gasteiger partial charge in [0.15, 0.2) is 0 Å². The Balaban J connectivity index is 1.96. The number of hydrogen-bond donors (Lipinski definition) is 1. The van der Waals surface area contributed by atoms with Gasteiger partial charge in [0.05, 0.1) is 16.3 Å². The van der Waals surface area contributed by atoms with E-state index in [1.807, 2.05) is 42.1 Å². The molecular formula is C19H20N4O2. The van der Waals surface area contributed by atoms with E-state index in [-0.39, 0.29) is 5.69 Å². The summed E-state index contributed by atoms with van der Waals surface area (Å²) in [7, 11) is 1.94. The number of aryl methyl sites for hydroxylation is 1. The van der Waals surface area contributed by atoms with Crippen LogP contribution in [0.25, 0.3) is 16.9 Å². The Kier molecular flexibility index (Phi) is 5.20. The van der Waals surface area contributed by atoms with Crippen LogP contribution in [0.5, 0.6) is 0 Å². The molecule has 2 aromatic carbocycles. The number of nitrogens with zero attached hydrogens (tertiary/aromatic N) is 3. The SMILES string of the molecule is CNCCCc1cc(-c2ccc([N+](=O)[O-])cc2)nn1-c1ccccc1. The molecular weight excluding hydrogens is 316 g/mol. The number of para-hydroxylation sites is 1. The maximum Gasteiger partial charge on any atom is 0.269 e. The molecule has 25 heavy (non-hydrogen) atoms. The fourth-order valence-electron chi connectivity index (χ4n) is 2.73. The minimum Gasteiger partial charge on any atom is -0.320 e. The zero-order valence-electron chi connectivity index (χ0n) is 14.1. The van der Waals surface area contributed by atoms with Gasteiger partial charge < -0.3 is 5.32 Å². The average molecular weight is 336 g/mol. The molecule has 0 amide bonds. The Hall–Kier alpha value is -2.99. The Labute approximate surface area is 146 Å². The number of non-ortho nitro benzene ring substituents is 1. The molecule has 0 unspecified atom stereocenters. The Bertz CT molecular complexity index is 842. The summed E-state index contributed by atoms with van der Waals surface area (Å²) in [6.45, 7) is 0.937. The van der Waals surface area contributed by atoms with Crippen molar-refractivity contribution in [2.75, 3.05) is 13.6 Å². The standard InChI is InChI=1S/C19H20N4O2/c1-20-13-5-8-18-14-19(15-9-11-17(12-10-15)23(24)25)21-22(18)16-6-3-2-4-7-16/h2-4,6-7,9-12,14,20H,5,8,13H2,1H3. The van der Waals surface area contributed by atoms with Crippen LogP contribution >= 0.6 is 0 Å². The van der Waals surface area contributed by atoms with Gasteiger partial charge in [-0.15, -0.1) is 0 Å². The van der Waals surface area contributed by atoms with Gasteiger partial charge in [0.2, 0.25) is 0 Å². The molecule has 0 saturated heterocycles. The van der Waals surface area contributed by atoms with Gasteiger partial charge in [-0.3, -0.25) is 10.1 Å². The van der Waals surface area contributed by atoms with Gasteiger partial charge >= 0.3 is 0 Å². The highest BCUT2D eigenvalue weighted by atomic mass is 16.6. The molecule has 6 nitrogen and oxygen atoms in total. The van der Waals surface area contributed by atoms with Crippen LogP contribution in [0.4, 0.5) is 5.69 Å². The van der Waals surface area contributed by atoms with Crippen molar-refractivity contribution in [1.29, 1.82) is 0 Å². The van der Waals surface area contributed by atoms with Gasteiger partial charge in [0.1, 0.15) is 0 Å². The molecule has 0 fully saturated rings. The number of nitro benzene ring substituents is 1. The lowest BCUT2D eigenvalue weighted by atomic mass is 10.1. The first kappa shape index (κ1) is 16.9. The summed E-state index contributed by atoms with van der Waals surface area (Å²) in [5.74, 6) is 0. The van der Waals surface area contributed by atoms with Gasteiger partial charge in [0, 0.05) is 23.4 Å². The summed E-state index contributed by atoms with van der Waals surface area (Å²) in [5.41, 5.74) is 3.90. The molecule has 3 rings (SSSR count). The normalized spacial score (nSPS) is 10.8. The molecule has 3 aromatic rings. The summed E-state index contributed by atoms with van der Waals surface area (Å²) < 4.78 is 1.95. The smallest absolute Gasteiger partial charge is 0.269 e. The topological polar surface area (TPSA) is 73.0 Å². The van der Waals surface area contributed by atoms with Crippen LogP contribution < -0.4 is 5.32 Å². The lowest BCUT2D eigenvalue weighted by Crippen LogP contribution is -2.10. The van der Waals surface area contributed by atoms with E-state index >= 15 is 0 Å². The zero-order valence-corrected chi connectivity index (χ0v) is 14.1. The maximum absolute atomic E-state index is 10.8. The molecule has 0 radical (unpaired) electrons. The van der Waals surface area contributed by atoms with Crippen LogP contribution in [-0.2, 0) is 6.42 Å². The number of rotatable bonds is 7. The minimum atomic E-state index is -0.393. The van der Waals surface area contributed by atoms with E-state index in [9.17, 15) is 10.1 Å². The summed E-state index contributed by atoms with van der Waals surface area (Å²) in [6, 6.07) is 18.6. The van der Waals surface area contributed by atoms with Crippen molar-refractivity contribution >= 4 is 5.69 Å². The van der Waals surface area contributed by atoms with E-state index < -0.39 is 4.92 Å². The lowest BCUT2D eigenvalue weighted by Gasteiger charge is -2.07. The number of benzene rings is 2. The first-order chi connectivity index (χ1) is 12.2. The van der Waals surface area contributed by atoms with Crippen LogP contribution in [0, 0.1) is 10.1 Å². The largest absolute Gasteiger partial charge is 0.320 e. The summed E-state index contributed by atoms with van der Waals surface area (Å²) in [5, 5.41) is 18.7. The minimum absolute atomic E-state index is 0.0838. The third kappa shape index (κ3) is 3.92. The van der Waals surface area contributed by atoms with Gasteiger partial charge in [-0.1, -0.05) is 18.2 Å². The van der Waals surface area contributed by atoms with Crippen molar-refractivity contribution < 1.29 is 4.92 Å². The second-order valence-corrected chi connectivity index (χ2v) is 5.78. The van der Waals surface area contributed by atoms with Gasteiger partial charge in [0.25, 0.3) is 5.69 Å². The number of aromatic nitrogens is 2. The van der Waals surface area contributed by atoms with Crippen molar-refractivity contribution in [3.63, 3.8) is 0 Å². The van der Waals surface area contributed by atoms with Crippen LogP contribution in [0.1, 0.15) is 12.1 Å². The van der Waals surface area contributed by atoms with Crippen molar-refractivity contribution in [1.82, 2.24) is 15.1 Å². The van der Waals surface area contributed by atoms with Crippen molar-refractivity contribution in [2.24, 2.45) is 0 Å². The molecule has 1 N–H and O–H groups in total. The van der Waals surface area contributed by atoms with Gasteiger partial charge in [-0.05, 0) is 56.8 Å². The number of nitrogens with one attached hydrogen (secondary N) is 1. The molecule has 0 aliphatic heterocycles. The van der Waals surface area contributed by atoms with Crippen molar-refractivity contribution in [3.8, 4) is 16.9 Å². The maximum atomic E-state index is 10.8. The predicted octanol–water partition coefficient (Wildman–Crippen LogP) is 3.60. The lowest BCUT2D eigenvalue weighted by molar-refractivity contribution is -0.384. The molecule has 128 valence electrons. The third-order valence-corrected chi connectivity index (χ3v) is 4.02. The Morgan fingerprint density at radius 2 is 1.84 bits per heavy atom. The van der Waals surface area contributed by atoms with E-state index in [1.54, 1.807) is 12.1 Å². The fraction of sp³-hybridized carbons (Fsp3) is 0.211. The van der Waals surface area contributed by atoms with E-state index in [0.717, 1.165) is 42.0 Å². The first-order valence-corrected chi connectivity index (χ1v) is 8.23. The molecule has 0 atom stereocenters. The van der Waals surface area contributed by atoms with Gasteiger partial charge in [-0.25, -0.2) is 4.68 Å². The van der Waals surface area contributed by atoms with Crippen LogP contribution in [-0.4, -0.2) is 28.3 Å². The van der Waals surface area contributed by atoms with E-state index in [1.165, 1.54) is 12.1 Å². The Morgan fingerprint density at radius 3 is 2.48 bits per heavy atom. The quantitative estimate of drug-likeness (QED) is 0.406. The van der Waals surface area contributed by atoms with Crippen molar-refractivity contribution in [3.05, 3.63) is 76.5 Å². The molecule has 0 aliphatic carbocycles. The first-order valence-electron chi connectivity index (χ1n) is 8.23.